The number of nitrogens with one attached hydrogen (secondary N) is 1. The van der Waals surface area contributed by atoms with Gasteiger partial charge in [0.15, 0.2) is 0 Å². The molecule has 1 aliphatic rings. The van der Waals surface area contributed by atoms with Gasteiger partial charge in [0.05, 0.1) is 5.92 Å². The Morgan fingerprint density at radius 3 is 2.38 bits per heavy atom. The molecule has 1 fully saturated rings. The molecule has 0 bridgehead atoms. The van der Waals surface area contributed by atoms with Crippen molar-refractivity contribution in [2.75, 3.05) is 0 Å². The van der Waals surface area contributed by atoms with Crippen LogP contribution in [0.1, 0.15) is 25.7 Å². The molecule has 4 heteroatoms. The predicted molar refractivity (Wildman–Crippen MR) is 60.9 cm³/mol. The molecule has 0 saturated heterocycles. The maximum atomic E-state index is 11.3. The van der Waals surface area contributed by atoms with E-state index in [1.54, 1.807) is 12.2 Å². The largest absolute Gasteiger partial charge is 0.481 e. The van der Waals surface area contributed by atoms with Crippen molar-refractivity contribution in [2.45, 2.75) is 31.7 Å². The number of carbonyl (C=O) groups excluding carboxylic acids is 1. The van der Waals surface area contributed by atoms with E-state index in [1.807, 2.05) is 0 Å². The summed E-state index contributed by atoms with van der Waals surface area (Å²) in [5.74, 6) is -1.10. The summed E-state index contributed by atoms with van der Waals surface area (Å²) in [5.41, 5.74) is 0. The highest BCUT2D eigenvalue weighted by atomic mass is 16.4. The molecule has 0 atom stereocenters. The van der Waals surface area contributed by atoms with Crippen molar-refractivity contribution in [2.24, 2.45) is 5.92 Å². The van der Waals surface area contributed by atoms with Gasteiger partial charge in [0.2, 0.25) is 5.91 Å². The number of carboxylic acids is 1. The number of aliphatic carboxylic acids is 1. The summed E-state index contributed by atoms with van der Waals surface area (Å²) in [5, 5.41) is 11.7. The van der Waals surface area contributed by atoms with Gasteiger partial charge in [0.1, 0.15) is 0 Å². The van der Waals surface area contributed by atoms with Gasteiger partial charge in [-0.15, -0.1) is 0 Å². The first-order valence-corrected chi connectivity index (χ1v) is 5.46. The van der Waals surface area contributed by atoms with E-state index in [9.17, 15) is 9.59 Å². The number of hydrogen-bond acceptors (Lipinski definition) is 2. The fourth-order valence-corrected chi connectivity index (χ4v) is 1.89. The van der Waals surface area contributed by atoms with Crippen molar-refractivity contribution in [3.8, 4) is 0 Å². The fraction of sp³-hybridized carbons (Fsp3) is 0.500. The molecule has 88 valence electrons. The monoisotopic (exact) mass is 223 g/mol. The first kappa shape index (κ1) is 12.5. The molecular weight excluding hydrogens is 206 g/mol. The molecule has 1 saturated carbocycles. The Bertz CT molecular complexity index is 301. The third-order valence-electron chi connectivity index (χ3n) is 2.81. The van der Waals surface area contributed by atoms with Crippen LogP contribution in [0.4, 0.5) is 0 Å². The van der Waals surface area contributed by atoms with Gasteiger partial charge >= 0.3 is 5.97 Å². The summed E-state index contributed by atoms with van der Waals surface area (Å²) in [6, 6.07) is 0.109. The number of carboxylic acid groups (broad SMARTS) is 1. The highest BCUT2D eigenvalue weighted by molar-refractivity contribution is 5.88. The van der Waals surface area contributed by atoms with E-state index >= 15 is 0 Å². The highest BCUT2D eigenvalue weighted by Gasteiger charge is 2.26. The maximum absolute atomic E-state index is 11.3. The molecule has 1 amide bonds. The van der Waals surface area contributed by atoms with E-state index in [0.29, 0.717) is 12.8 Å². The molecule has 4 nitrogen and oxygen atoms in total. The van der Waals surface area contributed by atoms with Gasteiger partial charge in [0, 0.05) is 12.1 Å². The van der Waals surface area contributed by atoms with Crippen LogP contribution in [0, 0.1) is 5.92 Å². The van der Waals surface area contributed by atoms with Gasteiger partial charge in [-0.2, -0.15) is 0 Å². The first-order valence-electron chi connectivity index (χ1n) is 5.46. The molecule has 0 aromatic carbocycles. The molecule has 0 spiro atoms. The van der Waals surface area contributed by atoms with Crippen LogP contribution in [0.2, 0.25) is 0 Å². The maximum Gasteiger partial charge on any atom is 0.306 e. The molecular formula is C12H17NO3. The molecule has 0 unspecified atom stereocenters. The zero-order chi connectivity index (χ0) is 12.0. The molecule has 16 heavy (non-hydrogen) atoms. The quantitative estimate of drug-likeness (QED) is 0.560. The topological polar surface area (TPSA) is 66.4 Å². The van der Waals surface area contributed by atoms with Crippen LogP contribution in [-0.2, 0) is 9.59 Å². The summed E-state index contributed by atoms with van der Waals surface area (Å²) >= 11 is 0. The van der Waals surface area contributed by atoms with Gasteiger partial charge in [-0.05, 0) is 25.7 Å². The summed E-state index contributed by atoms with van der Waals surface area (Å²) in [7, 11) is 0. The molecule has 0 aliphatic heterocycles. The van der Waals surface area contributed by atoms with Crippen LogP contribution in [0.15, 0.2) is 24.8 Å². The van der Waals surface area contributed by atoms with Crippen LogP contribution in [0.3, 0.4) is 0 Å². The number of carbonyl (C=O) groups is 2. The molecule has 0 radical (unpaired) electrons. The number of rotatable bonds is 4. The summed E-state index contributed by atoms with van der Waals surface area (Å²) in [6.45, 7) is 3.48. The normalized spacial score (nSPS) is 25.2. The minimum atomic E-state index is -0.726. The Hall–Kier alpha value is -1.58. The number of hydrogen-bond donors (Lipinski definition) is 2. The minimum Gasteiger partial charge on any atom is -0.481 e. The van der Waals surface area contributed by atoms with Crippen molar-refractivity contribution >= 4 is 11.9 Å². The lowest BCUT2D eigenvalue weighted by molar-refractivity contribution is -0.142. The van der Waals surface area contributed by atoms with Crippen molar-refractivity contribution in [3.05, 3.63) is 24.8 Å². The molecule has 1 aliphatic carbocycles. The van der Waals surface area contributed by atoms with Gasteiger partial charge in [-0.1, -0.05) is 18.7 Å². The lowest BCUT2D eigenvalue weighted by atomic mass is 9.86. The zero-order valence-corrected chi connectivity index (χ0v) is 9.19. The summed E-state index contributed by atoms with van der Waals surface area (Å²) in [4.78, 5) is 22.0. The zero-order valence-electron chi connectivity index (χ0n) is 9.19. The van der Waals surface area contributed by atoms with E-state index in [1.165, 1.54) is 6.08 Å². The number of allylic oxidation sites excluding steroid dienone is 2. The van der Waals surface area contributed by atoms with Gasteiger partial charge < -0.3 is 10.4 Å². The first-order chi connectivity index (χ1) is 7.63. The Balaban J connectivity index is 2.32. The van der Waals surface area contributed by atoms with Gasteiger partial charge in [0.25, 0.3) is 0 Å². The van der Waals surface area contributed by atoms with Crippen molar-refractivity contribution in [1.29, 1.82) is 0 Å². The Morgan fingerprint density at radius 1 is 1.25 bits per heavy atom. The highest BCUT2D eigenvalue weighted by Crippen LogP contribution is 2.24. The van der Waals surface area contributed by atoms with Crippen LogP contribution < -0.4 is 5.32 Å². The SMILES string of the molecule is C=C/C=C/C(=O)NC1CCC(C(=O)O)CC1. The lowest BCUT2D eigenvalue weighted by Gasteiger charge is -2.26. The van der Waals surface area contributed by atoms with E-state index in [-0.39, 0.29) is 17.9 Å². The fourth-order valence-electron chi connectivity index (χ4n) is 1.89. The summed E-state index contributed by atoms with van der Waals surface area (Å²) < 4.78 is 0. The van der Waals surface area contributed by atoms with E-state index < -0.39 is 5.97 Å². The van der Waals surface area contributed by atoms with E-state index in [2.05, 4.69) is 11.9 Å². The second-order valence-corrected chi connectivity index (χ2v) is 3.99. The molecule has 0 aromatic rings. The van der Waals surface area contributed by atoms with Crippen molar-refractivity contribution < 1.29 is 14.7 Å². The smallest absolute Gasteiger partial charge is 0.306 e. The minimum absolute atomic E-state index is 0.109. The van der Waals surface area contributed by atoms with E-state index in [0.717, 1.165) is 12.8 Å². The van der Waals surface area contributed by atoms with Crippen LogP contribution in [-0.4, -0.2) is 23.0 Å². The van der Waals surface area contributed by atoms with Crippen LogP contribution in [0.5, 0.6) is 0 Å². The van der Waals surface area contributed by atoms with Crippen molar-refractivity contribution in [1.82, 2.24) is 5.32 Å². The molecule has 0 heterocycles. The average Bonchev–Trinajstić information content (AvgIpc) is 2.27. The lowest BCUT2D eigenvalue weighted by Crippen LogP contribution is -2.37. The van der Waals surface area contributed by atoms with Crippen molar-refractivity contribution in [3.63, 3.8) is 0 Å². The van der Waals surface area contributed by atoms with Crippen LogP contribution in [0.25, 0.3) is 0 Å². The van der Waals surface area contributed by atoms with Crippen LogP contribution >= 0.6 is 0 Å². The Morgan fingerprint density at radius 2 is 1.88 bits per heavy atom. The third-order valence-corrected chi connectivity index (χ3v) is 2.81. The molecule has 1 rings (SSSR count). The predicted octanol–water partition coefficient (Wildman–Crippen LogP) is 1.49. The van der Waals surface area contributed by atoms with Gasteiger partial charge in [-0.3, -0.25) is 9.59 Å². The molecule has 0 aromatic heterocycles. The summed E-state index contributed by atoms with van der Waals surface area (Å²) in [6.07, 6.45) is 7.32. The Labute approximate surface area is 95.0 Å². The standard InChI is InChI=1S/C12H17NO3/c1-2-3-4-11(14)13-10-7-5-9(6-8-10)12(15)16/h2-4,9-10H,1,5-8H2,(H,13,14)(H,15,16)/b4-3+. The van der Waals surface area contributed by atoms with E-state index in [4.69, 9.17) is 5.11 Å². The third kappa shape index (κ3) is 3.88. The molecule has 2 N–H and O–H groups in total. The number of amides is 1. The van der Waals surface area contributed by atoms with Gasteiger partial charge in [-0.25, -0.2) is 0 Å². The second-order valence-electron chi connectivity index (χ2n) is 3.99. The Kier molecular flexibility index (Phi) is 4.76. The second kappa shape index (κ2) is 6.10. The average molecular weight is 223 g/mol.